The number of carbonyl (C=O) groups excluding carboxylic acids is 1. The van der Waals surface area contributed by atoms with Crippen LogP contribution in [0.15, 0.2) is 70.2 Å². The monoisotopic (exact) mass is 483 g/mol. The van der Waals surface area contributed by atoms with Crippen LogP contribution in [-0.2, 0) is 4.79 Å². The molecule has 32 heavy (non-hydrogen) atoms. The summed E-state index contributed by atoms with van der Waals surface area (Å²) in [6.45, 7) is 0.0118. The van der Waals surface area contributed by atoms with Gasteiger partial charge in [-0.05, 0) is 48.5 Å². The van der Waals surface area contributed by atoms with Gasteiger partial charge in [0.1, 0.15) is 5.75 Å². The van der Waals surface area contributed by atoms with Crippen molar-refractivity contribution in [2.45, 2.75) is 0 Å². The van der Waals surface area contributed by atoms with Crippen molar-refractivity contribution < 1.29 is 9.53 Å². The molecule has 2 aromatic heterocycles. The first kappa shape index (κ1) is 20.6. The van der Waals surface area contributed by atoms with Gasteiger partial charge in [0.05, 0.1) is 39.0 Å². The standard InChI is InChI=1S/C22H15Cl2N5O2S/c23-16-5-4-14(9-17(16)24)27-22-29(26-10-15-2-1-7-25-15)19(12-32-22)13-3-6-20-18(8-13)28-21(30)11-31-20/h1-10,12,25H,11H2,(H,28,30). The summed E-state index contributed by atoms with van der Waals surface area (Å²) in [6.07, 6.45) is 3.54. The lowest BCUT2D eigenvalue weighted by Crippen LogP contribution is -2.25. The fraction of sp³-hybridized carbons (Fsp3) is 0.0455. The molecule has 1 amide bonds. The highest BCUT2D eigenvalue weighted by Gasteiger charge is 2.18. The van der Waals surface area contributed by atoms with Crippen LogP contribution in [0.5, 0.6) is 5.75 Å². The number of halogens is 2. The van der Waals surface area contributed by atoms with Crippen LogP contribution >= 0.6 is 34.5 Å². The van der Waals surface area contributed by atoms with Crippen LogP contribution in [0, 0.1) is 0 Å². The molecule has 0 atom stereocenters. The molecule has 0 saturated carbocycles. The fourth-order valence-electron chi connectivity index (χ4n) is 3.14. The number of anilines is 1. The molecule has 0 aliphatic carbocycles. The maximum absolute atomic E-state index is 11.7. The van der Waals surface area contributed by atoms with Gasteiger partial charge in [0.25, 0.3) is 5.91 Å². The second kappa shape index (κ2) is 8.66. The molecule has 0 fully saturated rings. The molecule has 0 spiro atoms. The van der Waals surface area contributed by atoms with Crippen molar-refractivity contribution in [1.82, 2.24) is 9.66 Å². The maximum Gasteiger partial charge on any atom is 0.262 e. The van der Waals surface area contributed by atoms with Gasteiger partial charge in [0.15, 0.2) is 6.61 Å². The smallest absolute Gasteiger partial charge is 0.262 e. The SMILES string of the molecule is O=C1COc2ccc(-c3csc(=Nc4ccc(Cl)c(Cl)c4)n3N=Cc3ccc[nH]3)cc2N1. The van der Waals surface area contributed by atoms with E-state index in [4.69, 9.17) is 32.9 Å². The molecule has 7 nitrogen and oxygen atoms in total. The van der Waals surface area contributed by atoms with Gasteiger partial charge in [-0.2, -0.15) is 5.10 Å². The third kappa shape index (κ3) is 4.20. The highest BCUT2D eigenvalue weighted by atomic mass is 35.5. The molecule has 2 aromatic carbocycles. The molecule has 3 heterocycles. The maximum atomic E-state index is 11.7. The summed E-state index contributed by atoms with van der Waals surface area (Å²) in [6, 6.07) is 14.6. The topological polar surface area (TPSA) is 83.8 Å². The van der Waals surface area contributed by atoms with E-state index in [0.29, 0.717) is 32.0 Å². The summed E-state index contributed by atoms with van der Waals surface area (Å²) in [4.78, 5) is 20.2. The van der Waals surface area contributed by atoms with Crippen LogP contribution in [0.25, 0.3) is 11.3 Å². The normalized spacial score (nSPS) is 13.8. The number of aromatic amines is 1. The Hall–Kier alpha value is -3.33. The minimum absolute atomic E-state index is 0.0118. The molecule has 0 unspecified atom stereocenters. The lowest BCUT2D eigenvalue weighted by molar-refractivity contribution is -0.118. The molecule has 5 rings (SSSR count). The first-order chi connectivity index (χ1) is 15.6. The van der Waals surface area contributed by atoms with E-state index in [9.17, 15) is 4.79 Å². The molecular formula is C22H15Cl2N5O2S. The summed E-state index contributed by atoms with van der Waals surface area (Å²) in [7, 11) is 0. The van der Waals surface area contributed by atoms with Gasteiger partial charge in [0.2, 0.25) is 4.80 Å². The predicted octanol–water partition coefficient (Wildman–Crippen LogP) is 5.30. The van der Waals surface area contributed by atoms with Gasteiger partial charge in [-0.3, -0.25) is 4.79 Å². The van der Waals surface area contributed by atoms with Crippen LogP contribution in [0.2, 0.25) is 10.0 Å². The molecule has 160 valence electrons. The zero-order valence-corrected chi connectivity index (χ0v) is 18.7. The molecule has 1 aliphatic rings. The number of hydrogen-bond acceptors (Lipinski definition) is 5. The van der Waals surface area contributed by atoms with Crippen molar-refractivity contribution in [2.75, 3.05) is 11.9 Å². The molecule has 2 N–H and O–H groups in total. The molecule has 4 aromatic rings. The molecule has 0 saturated heterocycles. The third-order valence-electron chi connectivity index (χ3n) is 4.66. The number of aromatic nitrogens is 2. The number of amides is 1. The first-order valence-electron chi connectivity index (χ1n) is 9.52. The Labute approximate surface area is 196 Å². The Kier molecular flexibility index (Phi) is 5.57. The van der Waals surface area contributed by atoms with Gasteiger partial charge in [-0.25, -0.2) is 9.67 Å². The fourth-order valence-corrected chi connectivity index (χ4v) is 4.29. The van der Waals surface area contributed by atoms with E-state index in [-0.39, 0.29) is 12.5 Å². The zero-order valence-electron chi connectivity index (χ0n) is 16.4. The van der Waals surface area contributed by atoms with Crippen LogP contribution < -0.4 is 14.9 Å². The van der Waals surface area contributed by atoms with E-state index in [2.05, 4.69) is 15.4 Å². The van der Waals surface area contributed by atoms with Crippen LogP contribution in [0.4, 0.5) is 11.4 Å². The molecular weight excluding hydrogens is 469 g/mol. The number of ether oxygens (including phenoxy) is 1. The molecule has 0 bridgehead atoms. The second-order valence-corrected chi connectivity index (χ2v) is 8.49. The van der Waals surface area contributed by atoms with E-state index in [1.54, 1.807) is 29.1 Å². The minimum Gasteiger partial charge on any atom is -0.482 e. The largest absolute Gasteiger partial charge is 0.482 e. The van der Waals surface area contributed by atoms with E-state index in [0.717, 1.165) is 17.0 Å². The predicted molar refractivity (Wildman–Crippen MR) is 127 cm³/mol. The lowest BCUT2D eigenvalue weighted by Gasteiger charge is -2.18. The van der Waals surface area contributed by atoms with Gasteiger partial charge in [-0.15, -0.1) is 11.3 Å². The summed E-state index contributed by atoms with van der Waals surface area (Å²) in [5, 5.41) is 10.3. The van der Waals surface area contributed by atoms with E-state index in [1.807, 2.05) is 41.9 Å². The zero-order chi connectivity index (χ0) is 22.1. The Balaban J connectivity index is 1.63. The number of nitrogens with zero attached hydrogens (tertiary/aromatic N) is 3. The highest BCUT2D eigenvalue weighted by Crippen LogP contribution is 2.33. The van der Waals surface area contributed by atoms with E-state index < -0.39 is 0 Å². The third-order valence-corrected chi connectivity index (χ3v) is 6.21. The number of H-pyrrole nitrogens is 1. The van der Waals surface area contributed by atoms with Crippen LogP contribution in [0.3, 0.4) is 0 Å². The molecule has 0 radical (unpaired) electrons. The summed E-state index contributed by atoms with van der Waals surface area (Å²) < 4.78 is 7.20. The number of hydrogen-bond donors (Lipinski definition) is 2. The van der Waals surface area contributed by atoms with Crippen molar-refractivity contribution in [2.24, 2.45) is 10.1 Å². The molecule has 1 aliphatic heterocycles. The number of thiazole rings is 1. The number of benzene rings is 2. The van der Waals surface area contributed by atoms with Crippen molar-refractivity contribution in [3.05, 3.63) is 80.6 Å². The number of carbonyl (C=O) groups is 1. The average Bonchev–Trinajstić information content (AvgIpc) is 3.44. The Morgan fingerprint density at radius 1 is 1.12 bits per heavy atom. The van der Waals surface area contributed by atoms with Crippen molar-refractivity contribution in [1.29, 1.82) is 0 Å². The minimum atomic E-state index is -0.187. The van der Waals surface area contributed by atoms with Crippen LogP contribution in [0.1, 0.15) is 5.69 Å². The van der Waals surface area contributed by atoms with Crippen molar-refractivity contribution in [3.63, 3.8) is 0 Å². The summed E-state index contributed by atoms with van der Waals surface area (Å²) >= 11 is 13.6. The number of rotatable bonds is 4. The average molecular weight is 484 g/mol. The van der Waals surface area contributed by atoms with Gasteiger partial charge in [-0.1, -0.05) is 23.2 Å². The van der Waals surface area contributed by atoms with Gasteiger partial charge in [0, 0.05) is 17.1 Å². The van der Waals surface area contributed by atoms with Crippen molar-refractivity contribution >= 4 is 58.0 Å². The summed E-state index contributed by atoms with van der Waals surface area (Å²) in [5.74, 6) is 0.443. The van der Waals surface area contributed by atoms with E-state index >= 15 is 0 Å². The van der Waals surface area contributed by atoms with Gasteiger partial charge < -0.3 is 15.0 Å². The lowest BCUT2D eigenvalue weighted by atomic mass is 10.1. The van der Waals surface area contributed by atoms with Crippen molar-refractivity contribution in [3.8, 4) is 17.0 Å². The Bertz CT molecular complexity index is 1410. The van der Waals surface area contributed by atoms with Crippen LogP contribution in [-0.4, -0.2) is 28.4 Å². The molecule has 10 heteroatoms. The Morgan fingerprint density at radius 2 is 2.03 bits per heavy atom. The number of nitrogens with one attached hydrogen (secondary N) is 2. The second-order valence-electron chi connectivity index (χ2n) is 6.84. The van der Waals surface area contributed by atoms with E-state index in [1.165, 1.54) is 11.3 Å². The number of fused-ring (bicyclic) bond motifs is 1. The highest BCUT2D eigenvalue weighted by molar-refractivity contribution is 7.07. The van der Waals surface area contributed by atoms with Gasteiger partial charge >= 0.3 is 0 Å². The summed E-state index contributed by atoms with van der Waals surface area (Å²) in [5.41, 5.74) is 3.78. The Morgan fingerprint density at radius 3 is 2.84 bits per heavy atom. The first-order valence-corrected chi connectivity index (χ1v) is 11.2. The quantitative estimate of drug-likeness (QED) is 0.386.